The molecule has 150 valence electrons. The Hall–Kier alpha value is -2.59. The van der Waals surface area contributed by atoms with E-state index in [0.717, 1.165) is 16.1 Å². The Morgan fingerprint density at radius 3 is 2.68 bits per heavy atom. The van der Waals surface area contributed by atoms with E-state index in [0.29, 0.717) is 15.7 Å². The fourth-order valence-corrected chi connectivity index (χ4v) is 3.66. The largest absolute Gasteiger partial charge is 0.503 e. The monoisotopic (exact) mass is 469 g/mol. The number of methoxy groups -OCH3 is 1. The van der Waals surface area contributed by atoms with Crippen LogP contribution in [0, 0.1) is 6.92 Å². The first kappa shape index (κ1) is 21.7. The first-order valence-corrected chi connectivity index (χ1v) is 10.7. The minimum Gasteiger partial charge on any atom is -0.503 e. The van der Waals surface area contributed by atoms with Gasteiger partial charge in [-0.15, -0.1) is 0 Å². The van der Waals surface area contributed by atoms with Gasteiger partial charge in [0.25, 0.3) is 5.91 Å². The van der Waals surface area contributed by atoms with Crippen LogP contribution in [-0.4, -0.2) is 45.6 Å². The van der Waals surface area contributed by atoms with Gasteiger partial charge in [0.1, 0.15) is 6.54 Å². The number of hydrogen-bond donors (Lipinski definition) is 2. The van der Waals surface area contributed by atoms with Gasteiger partial charge in [-0.1, -0.05) is 12.1 Å². The van der Waals surface area contributed by atoms with Crippen molar-refractivity contribution in [3.63, 3.8) is 0 Å². The van der Waals surface area contributed by atoms with Crippen LogP contribution >= 0.6 is 15.9 Å². The molecule has 0 aromatic heterocycles. The van der Waals surface area contributed by atoms with Crippen molar-refractivity contribution >= 4 is 43.8 Å². The molecule has 0 saturated heterocycles. The first-order valence-electron chi connectivity index (χ1n) is 8.04. The zero-order valence-corrected chi connectivity index (χ0v) is 17.9. The molecule has 0 bridgehead atoms. The minimum atomic E-state index is -3.66. The molecule has 8 nitrogen and oxygen atoms in total. The number of benzene rings is 2. The van der Waals surface area contributed by atoms with Gasteiger partial charge in [0, 0.05) is 0 Å². The highest BCUT2D eigenvalue weighted by molar-refractivity contribution is 9.10. The second-order valence-electron chi connectivity index (χ2n) is 5.96. The molecule has 0 aliphatic carbocycles. The van der Waals surface area contributed by atoms with Crippen LogP contribution in [0.15, 0.2) is 46.0 Å². The number of halogens is 1. The number of carbonyl (C=O) groups is 1. The van der Waals surface area contributed by atoms with Crippen LogP contribution < -0.4 is 14.5 Å². The highest BCUT2D eigenvalue weighted by atomic mass is 79.9. The second-order valence-corrected chi connectivity index (χ2v) is 8.72. The Balaban J connectivity index is 2.12. The van der Waals surface area contributed by atoms with E-state index in [-0.39, 0.29) is 11.5 Å². The quantitative estimate of drug-likeness (QED) is 0.477. The van der Waals surface area contributed by atoms with E-state index in [9.17, 15) is 18.3 Å². The van der Waals surface area contributed by atoms with E-state index < -0.39 is 22.5 Å². The van der Waals surface area contributed by atoms with Crippen molar-refractivity contribution in [1.29, 1.82) is 0 Å². The van der Waals surface area contributed by atoms with Crippen molar-refractivity contribution in [2.45, 2.75) is 6.92 Å². The lowest BCUT2D eigenvalue weighted by Crippen LogP contribution is -2.39. The number of anilines is 1. The summed E-state index contributed by atoms with van der Waals surface area (Å²) in [5.41, 5.74) is 4.12. The zero-order chi connectivity index (χ0) is 20.9. The number of aryl methyl sites for hydroxylation is 1. The predicted molar refractivity (Wildman–Crippen MR) is 111 cm³/mol. The van der Waals surface area contributed by atoms with Crippen molar-refractivity contribution in [3.05, 3.63) is 52.0 Å². The number of sulfonamides is 1. The van der Waals surface area contributed by atoms with E-state index in [1.807, 2.05) is 13.0 Å². The van der Waals surface area contributed by atoms with Crippen LogP contribution in [0.3, 0.4) is 0 Å². The second kappa shape index (κ2) is 9.07. The highest BCUT2D eigenvalue weighted by Crippen LogP contribution is 2.34. The van der Waals surface area contributed by atoms with Crippen LogP contribution in [-0.2, 0) is 14.8 Å². The third-order valence-corrected chi connectivity index (χ3v) is 5.40. The molecule has 0 aliphatic heterocycles. The lowest BCUT2D eigenvalue weighted by Gasteiger charge is -2.21. The summed E-state index contributed by atoms with van der Waals surface area (Å²) in [7, 11) is -2.24. The Morgan fingerprint density at radius 1 is 1.36 bits per heavy atom. The van der Waals surface area contributed by atoms with Gasteiger partial charge < -0.3 is 9.84 Å². The number of aromatic hydroxyl groups is 1. The molecule has 1 amide bonds. The molecule has 0 atom stereocenters. The number of amides is 1. The van der Waals surface area contributed by atoms with Crippen molar-refractivity contribution in [1.82, 2.24) is 5.43 Å². The number of rotatable bonds is 7. The van der Waals surface area contributed by atoms with Crippen LogP contribution in [0.4, 0.5) is 5.69 Å². The van der Waals surface area contributed by atoms with Gasteiger partial charge in [-0.05, 0) is 58.2 Å². The molecule has 0 radical (unpaired) electrons. The molecule has 10 heteroatoms. The number of nitrogens with one attached hydrogen (secondary N) is 1. The first-order chi connectivity index (χ1) is 13.1. The number of hydrazone groups is 1. The van der Waals surface area contributed by atoms with Gasteiger partial charge in [0.15, 0.2) is 11.5 Å². The third kappa shape index (κ3) is 5.70. The lowest BCUT2D eigenvalue weighted by molar-refractivity contribution is -0.119. The topological polar surface area (TPSA) is 108 Å². The molecular formula is C18H20BrN3O5S. The van der Waals surface area contributed by atoms with Crippen molar-refractivity contribution in [2.75, 3.05) is 24.2 Å². The summed E-state index contributed by atoms with van der Waals surface area (Å²) in [6.07, 6.45) is 2.38. The van der Waals surface area contributed by atoms with E-state index in [1.54, 1.807) is 24.3 Å². The SMILES string of the molecule is COc1cc(/C=N\NC(=O)CN(c2cccc(C)c2)S(C)(=O)=O)cc(Br)c1O. The number of ether oxygens (including phenoxy) is 1. The molecule has 2 aromatic carbocycles. The molecule has 2 aromatic rings. The van der Waals surface area contributed by atoms with Crippen molar-refractivity contribution in [2.24, 2.45) is 5.10 Å². The number of nitrogens with zero attached hydrogens (tertiary/aromatic N) is 2. The minimum absolute atomic E-state index is 0.0503. The normalized spacial score (nSPS) is 11.4. The van der Waals surface area contributed by atoms with E-state index in [1.165, 1.54) is 19.4 Å². The average molecular weight is 470 g/mol. The van der Waals surface area contributed by atoms with Crippen molar-refractivity contribution in [3.8, 4) is 11.5 Å². The Bertz CT molecular complexity index is 1010. The number of phenolic OH excluding ortho intramolecular Hbond substituents is 1. The van der Waals surface area contributed by atoms with Gasteiger partial charge >= 0.3 is 0 Å². The summed E-state index contributed by atoms with van der Waals surface area (Å²) >= 11 is 3.19. The average Bonchev–Trinajstić information content (AvgIpc) is 2.61. The standard InChI is InChI=1S/C18H20BrN3O5S/c1-12-5-4-6-14(7-12)22(28(3,25)26)11-17(23)21-20-10-13-8-15(19)18(24)16(9-13)27-2/h4-10,24H,11H2,1-3H3,(H,21,23)/b20-10-. The lowest BCUT2D eigenvalue weighted by atomic mass is 10.2. The Morgan fingerprint density at radius 2 is 2.07 bits per heavy atom. The van der Waals surface area contributed by atoms with Gasteiger partial charge in [-0.2, -0.15) is 5.10 Å². The maximum absolute atomic E-state index is 12.2. The highest BCUT2D eigenvalue weighted by Gasteiger charge is 2.20. The van der Waals surface area contributed by atoms with Crippen LogP contribution in [0.5, 0.6) is 11.5 Å². The molecule has 0 spiro atoms. The molecule has 2 N–H and O–H groups in total. The molecule has 0 saturated carbocycles. The van der Waals surface area contributed by atoms with Crippen LogP contribution in [0.1, 0.15) is 11.1 Å². The summed E-state index contributed by atoms with van der Waals surface area (Å²) in [5, 5.41) is 13.6. The maximum Gasteiger partial charge on any atom is 0.260 e. The van der Waals surface area contributed by atoms with Crippen LogP contribution in [0.2, 0.25) is 0 Å². The zero-order valence-electron chi connectivity index (χ0n) is 15.5. The molecule has 2 rings (SSSR count). The number of hydrogen-bond acceptors (Lipinski definition) is 6. The summed E-state index contributed by atoms with van der Waals surface area (Å²) in [6.45, 7) is 1.42. The molecule has 0 fully saturated rings. The summed E-state index contributed by atoms with van der Waals surface area (Å²) in [5.74, 6) is -0.413. The summed E-state index contributed by atoms with van der Waals surface area (Å²) < 4.78 is 30.6. The third-order valence-electron chi connectivity index (χ3n) is 3.65. The van der Waals surface area contributed by atoms with Gasteiger partial charge in [-0.25, -0.2) is 13.8 Å². The van der Waals surface area contributed by atoms with E-state index in [2.05, 4.69) is 26.5 Å². The molecule has 0 heterocycles. The van der Waals surface area contributed by atoms with Gasteiger partial charge in [0.05, 0.1) is 29.7 Å². The van der Waals surface area contributed by atoms with E-state index in [4.69, 9.17) is 4.74 Å². The van der Waals surface area contributed by atoms with E-state index >= 15 is 0 Å². The number of carbonyl (C=O) groups excluding carboxylic acids is 1. The van der Waals surface area contributed by atoms with Crippen molar-refractivity contribution < 1.29 is 23.1 Å². The molecule has 0 aliphatic rings. The number of phenols is 1. The fraction of sp³-hybridized carbons (Fsp3) is 0.222. The molecular weight excluding hydrogens is 450 g/mol. The Labute approximate surface area is 172 Å². The summed E-state index contributed by atoms with van der Waals surface area (Å²) in [4.78, 5) is 12.2. The maximum atomic E-state index is 12.2. The fourth-order valence-electron chi connectivity index (χ4n) is 2.35. The smallest absolute Gasteiger partial charge is 0.260 e. The molecule has 28 heavy (non-hydrogen) atoms. The van der Waals surface area contributed by atoms with Crippen LogP contribution in [0.25, 0.3) is 0 Å². The molecule has 0 unspecified atom stereocenters. The van der Waals surface area contributed by atoms with Gasteiger partial charge in [-0.3, -0.25) is 9.10 Å². The Kier molecular flexibility index (Phi) is 7.03. The summed E-state index contributed by atoms with van der Waals surface area (Å²) in [6, 6.07) is 9.96. The predicted octanol–water partition coefficient (Wildman–Crippen LogP) is 2.39. The van der Waals surface area contributed by atoms with Gasteiger partial charge in [0.2, 0.25) is 10.0 Å².